The maximum Gasteiger partial charge on any atom is 0.229 e. The molecule has 4 heteroatoms. The third-order valence-corrected chi connectivity index (χ3v) is 4.54. The molecule has 2 rings (SSSR count). The number of hydrogen-bond donors (Lipinski definition) is 1. The molecule has 114 valence electrons. The molecular formula is C16H28N2O2. The van der Waals surface area contributed by atoms with Crippen LogP contribution in [0.5, 0.6) is 0 Å². The van der Waals surface area contributed by atoms with Gasteiger partial charge in [-0.1, -0.05) is 20.8 Å². The number of imide groups is 1. The lowest BCUT2D eigenvalue weighted by atomic mass is 9.80. The van der Waals surface area contributed by atoms with E-state index in [9.17, 15) is 9.59 Å². The lowest BCUT2D eigenvalue weighted by Gasteiger charge is -2.41. The van der Waals surface area contributed by atoms with Crippen LogP contribution in [-0.4, -0.2) is 35.3 Å². The first-order chi connectivity index (χ1) is 9.43. The average Bonchev–Trinajstić information content (AvgIpc) is 2.35. The summed E-state index contributed by atoms with van der Waals surface area (Å²) in [4.78, 5) is 26.1. The fraction of sp³-hybridized carbons (Fsp3) is 0.875. The second-order valence-electron chi connectivity index (χ2n) is 7.13. The van der Waals surface area contributed by atoms with Crippen molar-refractivity contribution >= 4 is 11.8 Å². The van der Waals surface area contributed by atoms with Crippen LogP contribution in [0.15, 0.2) is 0 Å². The van der Waals surface area contributed by atoms with Crippen molar-refractivity contribution in [3.63, 3.8) is 0 Å². The normalized spacial score (nSPS) is 30.6. The molecule has 1 heterocycles. The van der Waals surface area contributed by atoms with Crippen LogP contribution in [0.1, 0.15) is 65.7 Å². The molecule has 4 nitrogen and oxygen atoms in total. The number of piperidine rings is 1. The van der Waals surface area contributed by atoms with Crippen molar-refractivity contribution in [3.05, 3.63) is 0 Å². The number of carbonyl (C=O) groups is 2. The zero-order valence-electron chi connectivity index (χ0n) is 13.1. The van der Waals surface area contributed by atoms with Gasteiger partial charge in [-0.25, -0.2) is 0 Å². The molecule has 2 aliphatic rings. The smallest absolute Gasteiger partial charge is 0.229 e. The van der Waals surface area contributed by atoms with Crippen LogP contribution >= 0.6 is 0 Å². The topological polar surface area (TPSA) is 49.4 Å². The first-order valence-electron chi connectivity index (χ1n) is 8.01. The van der Waals surface area contributed by atoms with E-state index < -0.39 is 0 Å². The third-order valence-electron chi connectivity index (χ3n) is 4.54. The van der Waals surface area contributed by atoms with Crippen molar-refractivity contribution in [1.82, 2.24) is 10.2 Å². The van der Waals surface area contributed by atoms with Gasteiger partial charge in [0.15, 0.2) is 0 Å². The summed E-state index contributed by atoms with van der Waals surface area (Å²) in [7, 11) is 0. The van der Waals surface area contributed by atoms with Gasteiger partial charge in [0.1, 0.15) is 0 Å². The summed E-state index contributed by atoms with van der Waals surface area (Å²) in [6.07, 6.45) is 6.23. The maximum atomic E-state index is 12.3. The number of hydrogen-bond acceptors (Lipinski definition) is 3. The molecule has 0 radical (unpaired) electrons. The molecule has 0 aromatic rings. The summed E-state index contributed by atoms with van der Waals surface area (Å²) >= 11 is 0. The molecule has 1 aliphatic heterocycles. The standard InChI is InChI=1S/C16H28N2O2/c1-4-9-17-12-5-7-13(8-6-12)18-14(19)10-16(2,3)11-15(18)20/h12-13,17H,4-11H2,1-3H3. The monoisotopic (exact) mass is 280 g/mol. The van der Waals surface area contributed by atoms with E-state index in [1.54, 1.807) is 4.90 Å². The predicted octanol–water partition coefficient (Wildman–Crippen LogP) is 2.47. The Balaban J connectivity index is 1.90. The van der Waals surface area contributed by atoms with Gasteiger partial charge in [0.2, 0.25) is 11.8 Å². The van der Waals surface area contributed by atoms with Crippen LogP contribution in [0.25, 0.3) is 0 Å². The van der Waals surface area contributed by atoms with Crippen molar-refractivity contribution in [3.8, 4) is 0 Å². The van der Waals surface area contributed by atoms with E-state index >= 15 is 0 Å². The van der Waals surface area contributed by atoms with Gasteiger partial charge in [-0.2, -0.15) is 0 Å². The molecule has 0 aromatic carbocycles. The highest BCUT2D eigenvalue weighted by atomic mass is 16.2. The molecule has 0 bridgehead atoms. The molecule has 2 amide bonds. The summed E-state index contributed by atoms with van der Waals surface area (Å²) in [6, 6.07) is 0.711. The van der Waals surface area contributed by atoms with Crippen LogP contribution in [0.3, 0.4) is 0 Å². The Kier molecular flexibility index (Phi) is 4.84. The van der Waals surface area contributed by atoms with Gasteiger partial charge in [-0.05, 0) is 44.1 Å². The van der Waals surface area contributed by atoms with Gasteiger partial charge >= 0.3 is 0 Å². The van der Waals surface area contributed by atoms with E-state index in [2.05, 4.69) is 12.2 Å². The number of likely N-dealkylation sites (tertiary alicyclic amines) is 1. The Morgan fingerprint density at radius 1 is 1.10 bits per heavy atom. The molecule has 1 N–H and O–H groups in total. The van der Waals surface area contributed by atoms with Crippen LogP contribution in [0.4, 0.5) is 0 Å². The predicted molar refractivity (Wildman–Crippen MR) is 79.2 cm³/mol. The van der Waals surface area contributed by atoms with Crippen molar-refractivity contribution in [1.29, 1.82) is 0 Å². The molecule has 1 saturated carbocycles. The van der Waals surface area contributed by atoms with Crippen LogP contribution in [-0.2, 0) is 9.59 Å². The Bertz CT molecular complexity index is 351. The quantitative estimate of drug-likeness (QED) is 0.805. The first-order valence-corrected chi connectivity index (χ1v) is 8.01. The van der Waals surface area contributed by atoms with E-state index in [1.807, 2.05) is 13.8 Å². The van der Waals surface area contributed by atoms with Crippen LogP contribution < -0.4 is 5.32 Å². The van der Waals surface area contributed by atoms with Gasteiger partial charge in [0.05, 0.1) is 0 Å². The highest BCUT2D eigenvalue weighted by molar-refractivity contribution is 5.98. The number of nitrogens with one attached hydrogen (secondary N) is 1. The molecular weight excluding hydrogens is 252 g/mol. The number of amides is 2. The van der Waals surface area contributed by atoms with E-state index in [-0.39, 0.29) is 23.3 Å². The summed E-state index contributed by atoms with van der Waals surface area (Å²) in [6.45, 7) is 7.24. The molecule has 0 unspecified atom stereocenters. The maximum absolute atomic E-state index is 12.3. The summed E-state index contributed by atoms with van der Waals surface area (Å²) in [5.41, 5.74) is -0.162. The highest BCUT2D eigenvalue weighted by Gasteiger charge is 2.41. The fourth-order valence-electron chi connectivity index (χ4n) is 3.48. The average molecular weight is 280 g/mol. The van der Waals surface area contributed by atoms with Crippen molar-refractivity contribution in [2.45, 2.75) is 77.8 Å². The zero-order valence-corrected chi connectivity index (χ0v) is 13.1. The van der Waals surface area contributed by atoms with E-state index in [0.717, 1.165) is 38.6 Å². The van der Waals surface area contributed by atoms with Gasteiger partial charge in [0, 0.05) is 24.9 Å². The fourth-order valence-corrected chi connectivity index (χ4v) is 3.48. The lowest BCUT2D eigenvalue weighted by Crippen LogP contribution is -2.53. The molecule has 2 fully saturated rings. The van der Waals surface area contributed by atoms with Gasteiger partial charge in [-0.15, -0.1) is 0 Å². The van der Waals surface area contributed by atoms with Crippen molar-refractivity contribution in [2.24, 2.45) is 5.41 Å². The summed E-state index contributed by atoms with van der Waals surface area (Å²) in [5, 5.41) is 3.54. The molecule has 1 aliphatic carbocycles. The Hall–Kier alpha value is -0.900. The first kappa shape index (κ1) is 15.5. The Morgan fingerprint density at radius 2 is 1.65 bits per heavy atom. The second-order valence-corrected chi connectivity index (χ2v) is 7.13. The third kappa shape index (κ3) is 3.60. The van der Waals surface area contributed by atoms with Gasteiger partial charge in [-0.3, -0.25) is 14.5 Å². The van der Waals surface area contributed by atoms with Crippen LogP contribution in [0, 0.1) is 5.41 Å². The molecule has 1 saturated heterocycles. The largest absolute Gasteiger partial charge is 0.314 e. The number of carbonyl (C=O) groups excluding carboxylic acids is 2. The van der Waals surface area contributed by atoms with Crippen molar-refractivity contribution in [2.75, 3.05) is 6.54 Å². The number of nitrogens with zero attached hydrogens (tertiary/aromatic N) is 1. The molecule has 20 heavy (non-hydrogen) atoms. The second kappa shape index (κ2) is 6.25. The SMILES string of the molecule is CCCNC1CCC(N2C(=O)CC(C)(C)CC2=O)CC1. The number of rotatable bonds is 4. The Labute approximate surface area is 122 Å². The molecule has 0 aromatic heterocycles. The van der Waals surface area contributed by atoms with Gasteiger partial charge < -0.3 is 5.32 Å². The molecule has 0 spiro atoms. The lowest BCUT2D eigenvalue weighted by molar-refractivity contribution is -0.156. The summed E-state index contributed by atoms with van der Waals surface area (Å²) in [5.74, 6) is 0.0763. The van der Waals surface area contributed by atoms with Crippen LogP contribution in [0.2, 0.25) is 0 Å². The summed E-state index contributed by atoms with van der Waals surface area (Å²) < 4.78 is 0. The zero-order chi connectivity index (χ0) is 14.8. The minimum atomic E-state index is -0.162. The highest BCUT2D eigenvalue weighted by Crippen LogP contribution is 2.35. The minimum Gasteiger partial charge on any atom is -0.314 e. The van der Waals surface area contributed by atoms with E-state index in [0.29, 0.717) is 18.9 Å². The van der Waals surface area contributed by atoms with Crippen molar-refractivity contribution < 1.29 is 9.59 Å². The van der Waals surface area contributed by atoms with E-state index in [1.165, 1.54) is 0 Å². The Morgan fingerprint density at radius 3 is 2.15 bits per heavy atom. The minimum absolute atomic E-state index is 0.0382. The van der Waals surface area contributed by atoms with Gasteiger partial charge in [0.25, 0.3) is 0 Å². The van der Waals surface area contributed by atoms with E-state index in [4.69, 9.17) is 0 Å². The molecule has 0 atom stereocenters.